The zero-order chi connectivity index (χ0) is 29.9. The molecule has 44 heavy (non-hydrogen) atoms. The van der Waals surface area contributed by atoms with Crippen LogP contribution in [-0.4, -0.2) is 9.97 Å². The minimum atomic E-state index is 0.942. The summed E-state index contributed by atoms with van der Waals surface area (Å²) >= 11 is 0. The summed E-state index contributed by atoms with van der Waals surface area (Å²) in [6.45, 7) is 4.35. The first-order chi connectivity index (χ1) is 21.7. The number of benzene rings is 5. The van der Waals surface area contributed by atoms with Crippen LogP contribution >= 0.6 is 0 Å². The van der Waals surface area contributed by atoms with Crippen LogP contribution in [0.3, 0.4) is 0 Å². The third kappa shape index (κ3) is 5.34. The molecule has 2 nitrogen and oxygen atoms in total. The molecule has 2 heterocycles. The second-order valence-electron chi connectivity index (χ2n) is 11.1. The van der Waals surface area contributed by atoms with Crippen molar-refractivity contribution in [1.82, 2.24) is 9.97 Å². The molecule has 7 rings (SSSR count). The van der Waals surface area contributed by atoms with Gasteiger partial charge in [0.2, 0.25) is 0 Å². The van der Waals surface area contributed by atoms with E-state index in [0.29, 0.717) is 0 Å². The minimum Gasteiger partial charge on any atom is -0.248 e. The molecular formula is C42H32N2. The lowest BCUT2D eigenvalue weighted by Gasteiger charge is -2.20. The maximum absolute atomic E-state index is 5.23. The average Bonchev–Trinajstić information content (AvgIpc) is 3.09. The number of pyridine rings is 2. The van der Waals surface area contributed by atoms with Gasteiger partial charge in [-0.3, -0.25) is 0 Å². The highest BCUT2D eigenvalue weighted by molar-refractivity contribution is 5.95. The fraction of sp³-hybridized carbons (Fsp3) is 0.0476. The quantitative estimate of drug-likeness (QED) is 0.201. The molecule has 0 bridgehead atoms. The first-order valence-electron chi connectivity index (χ1n) is 15.0. The van der Waals surface area contributed by atoms with Gasteiger partial charge < -0.3 is 0 Å². The van der Waals surface area contributed by atoms with Crippen LogP contribution in [0.15, 0.2) is 158 Å². The highest BCUT2D eigenvalue weighted by Gasteiger charge is 2.20. The van der Waals surface area contributed by atoms with Crippen LogP contribution < -0.4 is 0 Å². The van der Waals surface area contributed by atoms with Crippen LogP contribution in [0.4, 0.5) is 0 Å². The van der Waals surface area contributed by atoms with Crippen molar-refractivity contribution in [2.75, 3.05) is 0 Å². The van der Waals surface area contributed by atoms with Crippen LogP contribution in [-0.2, 0) is 0 Å². The van der Waals surface area contributed by atoms with E-state index in [9.17, 15) is 0 Å². The Labute approximate surface area is 259 Å². The van der Waals surface area contributed by atoms with Crippen LogP contribution in [0.5, 0.6) is 0 Å². The molecule has 210 valence electrons. The summed E-state index contributed by atoms with van der Waals surface area (Å²) in [4.78, 5) is 10.5. The van der Waals surface area contributed by atoms with Crippen LogP contribution in [0, 0.1) is 13.8 Å². The van der Waals surface area contributed by atoms with Crippen molar-refractivity contribution in [3.8, 4) is 67.3 Å². The van der Waals surface area contributed by atoms with Crippen molar-refractivity contribution in [2.45, 2.75) is 13.8 Å². The van der Waals surface area contributed by atoms with Gasteiger partial charge in [0.1, 0.15) is 0 Å². The third-order valence-electron chi connectivity index (χ3n) is 8.22. The van der Waals surface area contributed by atoms with E-state index in [1.807, 2.05) is 12.1 Å². The lowest BCUT2D eigenvalue weighted by molar-refractivity contribution is 1.31. The van der Waals surface area contributed by atoms with Crippen molar-refractivity contribution in [3.05, 3.63) is 169 Å². The minimum absolute atomic E-state index is 0.942. The molecule has 0 aliphatic rings. The molecule has 0 atom stereocenters. The Morgan fingerprint density at radius 1 is 0.295 bits per heavy atom. The van der Waals surface area contributed by atoms with Crippen molar-refractivity contribution in [3.63, 3.8) is 0 Å². The average molecular weight is 565 g/mol. The van der Waals surface area contributed by atoms with Gasteiger partial charge >= 0.3 is 0 Å². The maximum atomic E-state index is 5.23. The normalized spacial score (nSPS) is 11.0. The van der Waals surface area contributed by atoms with E-state index < -0.39 is 0 Å². The first kappa shape index (κ1) is 27.2. The molecular weight excluding hydrogens is 532 g/mol. The summed E-state index contributed by atoms with van der Waals surface area (Å²) in [6, 6.07) is 55.3. The number of hydrogen-bond donors (Lipinski definition) is 0. The molecule has 0 saturated carbocycles. The molecule has 0 amide bonds. The summed E-state index contributed by atoms with van der Waals surface area (Å²) in [5.41, 5.74) is 15.3. The molecule has 0 aliphatic heterocycles. The van der Waals surface area contributed by atoms with Gasteiger partial charge in [-0.15, -0.1) is 0 Å². The van der Waals surface area contributed by atoms with Gasteiger partial charge in [0.05, 0.1) is 22.8 Å². The van der Waals surface area contributed by atoms with Crippen LogP contribution in [0.2, 0.25) is 0 Å². The molecule has 5 aromatic carbocycles. The molecule has 2 heteroatoms. The molecule has 7 aromatic rings. The molecule has 2 aromatic heterocycles. The highest BCUT2D eigenvalue weighted by atomic mass is 14.7. The van der Waals surface area contributed by atoms with E-state index in [4.69, 9.17) is 9.97 Å². The zero-order valence-corrected chi connectivity index (χ0v) is 24.9. The Bertz CT molecular complexity index is 1930. The SMILES string of the molecule is Cc1ccccc1-c1cc(-c2cccc(-c3ccccc3)n2)c(-c2ccccc2C)cc1-c1cccc(-c2ccccc2)n1. The highest BCUT2D eigenvalue weighted by Crippen LogP contribution is 2.43. The predicted molar refractivity (Wildman–Crippen MR) is 184 cm³/mol. The fourth-order valence-corrected chi connectivity index (χ4v) is 5.93. The number of aromatic nitrogens is 2. The third-order valence-corrected chi connectivity index (χ3v) is 8.22. The van der Waals surface area contributed by atoms with Crippen LogP contribution in [0.25, 0.3) is 67.3 Å². The molecule has 0 spiro atoms. The number of hydrogen-bond acceptors (Lipinski definition) is 2. The van der Waals surface area contributed by atoms with E-state index in [1.54, 1.807) is 0 Å². The summed E-state index contributed by atoms with van der Waals surface area (Å²) in [5.74, 6) is 0. The van der Waals surface area contributed by atoms with Gasteiger partial charge in [0, 0.05) is 22.3 Å². The Balaban J connectivity index is 1.52. The smallest absolute Gasteiger partial charge is 0.0715 e. The van der Waals surface area contributed by atoms with E-state index in [-0.39, 0.29) is 0 Å². The van der Waals surface area contributed by atoms with Gasteiger partial charge in [0.15, 0.2) is 0 Å². The predicted octanol–water partition coefficient (Wildman–Crippen LogP) is 11.1. The summed E-state index contributed by atoms with van der Waals surface area (Å²) in [5, 5.41) is 0. The molecule has 0 saturated heterocycles. The lowest BCUT2D eigenvalue weighted by atomic mass is 9.85. The van der Waals surface area contributed by atoms with Gasteiger partial charge in [-0.05, 0) is 83.6 Å². The summed E-state index contributed by atoms with van der Waals surface area (Å²) in [6.07, 6.45) is 0. The van der Waals surface area contributed by atoms with E-state index in [2.05, 4.69) is 159 Å². The van der Waals surface area contributed by atoms with E-state index in [1.165, 1.54) is 22.3 Å². The largest absolute Gasteiger partial charge is 0.248 e. The molecule has 0 radical (unpaired) electrons. The molecule has 0 unspecified atom stereocenters. The molecule has 0 fully saturated rings. The van der Waals surface area contributed by atoms with E-state index in [0.717, 1.165) is 56.2 Å². The number of aryl methyl sites for hydroxylation is 2. The maximum Gasteiger partial charge on any atom is 0.0715 e. The number of nitrogens with zero attached hydrogens (tertiary/aromatic N) is 2. The Hall–Kier alpha value is -5.60. The van der Waals surface area contributed by atoms with Crippen LogP contribution in [0.1, 0.15) is 11.1 Å². The van der Waals surface area contributed by atoms with E-state index >= 15 is 0 Å². The molecule has 0 aliphatic carbocycles. The zero-order valence-electron chi connectivity index (χ0n) is 24.9. The van der Waals surface area contributed by atoms with Gasteiger partial charge in [-0.25, -0.2) is 9.97 Å². The topological polar surface area (TPSA) is 25.8 Å². The Morgan fingerprint density at radius 2 is 0.659 bits per heavy atom. The van der Waals surface area contributed by atoms with Crippen molar-refractivity contribution in [1.29, 1.82) is 0 Å². The second-order valence-corrected chi connectivity index (χ2v) is 11.1. The van der Waals surface area contributed by atoms with Gasteiger partial charge in [0.25, 0.3) is 0 Å². The Morgan fingerprint density at radius 3 is 1.07 bits per heavy atom. The standard InChI is InChI=1S/C42H32N2/c1-29-15-9-11-21-33(29)35-27-38(42-26-14-24-40(44-42)32-19-7-4-8-20-32)36(34-22-12-10-16-30(34)2)28-37(35)41-25-13-23-39(43-41)31-17-5-3-6-18-31/h3-28H,1-2H3. The fourth-order valence-electron chi connectivity index (χ4n) is 5.93. The van der Waals surface area contributed by atoms with Crippen molar-refractivity contribution < 1.29 is 0 Å². The first-order valence-corrected chi connectivity index (χ1v) is 15.0. The second kappa shape index (κ2) is 11.9. The number of rotatable bonds is 6. The molecule has 0 N–H and O–H groups in total. The van der Waals surface area contributed by atoms with Gasteiger partial charge in [-0.2, -0.15) is 0 Å². The Kier molecular flexibility index (Phi) is 7.40. The van der Waals surface area contributed by atoms with Crippen molar-refractivity contribution in [2.24, 2.45) is 0 Å². The van der Waals surface area contributed by atoms with Gasteiger partial charge in [-0.1, -0.05) is 121 Å². The summed E-state index contributed by atoms with van der Waals surface area (Å²) < 4.78 is 0. The summed E-state index contributed by atoms with van der Waals surface area (Å²) in [7, 11) is 0. The monoisotopic (exact) mass is 564 g/mol. The lowest BCUT2D eigenvalue weighted by Crippen LogP contribution is -1.98. The van der Waals surface area contributed by atoms with Crippen molar-refractivity contribution >= 4 is 0 Å².